The SMILES string of the molecule is CC(C)(C)OC(=O)NCCCOc1ccc(C(C)(C)C)cc1.CC(C)(C)OC(=O)n1ncc2cc(C(C)(C)C)ccc21.CC(C)(C)c1ccc(N2CCOCC2)cc1.CC(C)(C)c1ccc2[nH]ncc2c1.CC(C)(C)c1ccc2c(c1)NCCO2.CC(C)(C)c1cccc(OC(F)(F)F)c1.CC(C)(C)c1cccc(OCCCn2ccnc2)c1.Cn1ncc2cc(C(C)(C)C)ccc21. The number of benzene rings is 8. The first-order valence-electron chi connectivity index (χ1n) is 46.4. The molecule has 0 saturated carbocycles. The van der Waals surface area contributed by atoms with E-state index in [4.69, 9.17) is 28.4 Å². The van der Waals surface area contributed by atoms with Gasteiger partial charge in [-0.3, -0.25) is 9.78 Å². The van der Waals surface area contributed by atoms with Gasteiger partial charge in [-0.05, 0) is 239 Å². The predicted octanol–water partition coefficient (Wildman–Crippen LogP) is 27.3. The number of amides is 1. The molecule has 0 aliphatic carbocycles. The first kappa shape index (κ1) is 109. The van der Waals surface area contributed by atoms with Gasteiger partial charge in [-0.1, -0.05) is 239 Å². The lowest BCUT2D eigenvalue weighted by Crippen LogP contribution is -2.36. The highest BCUT2D eigenvalue weighted by Crippen LogP contribution is 2.36. The van der Waals surface area contributed by atoms with Gasteiger partial charge in [0.05, 0.1) is 73.6 Å². The average molecular weight is 1830 g/mol. The number of imidazole rings is 1. The van der Waals surface area contributed by atoms with E-state index < -0.39 is 23.7 Å². The summed E-state index contributed by atoms with van der Waals surface area (Å²) in [5, 5.41) is 24.7. The highest BCUT2D eigenvalue weighted by atomic mass is 19.4. The van der Waals surface area contributed by atoms with E-state index in [2.05, 4.69) is 311 Å². The van der Waals surface area contributed by atoms with Gasteiger partial charge >= 0.3 is 18.5 Å². The van der Waals surface area contributed by atoms with Gasteiger partial charge in [0, 0.05) is 74.0 Å². The fourth-order valence-electron chi connectivity index (χ4n) is 13.5. The quantitative estimate of drug-likeness (QED) is 0.0972. The van der Waals surface area contributed by atoms with Crippen LogP contribution in [-0.2, 0) is 71.1 Å². The Morgan fingerprint density at radius 1 is 0.459 bits per heavy atom. The number of aromatic amines is 1. The summed E-state index contributed by atoms with van der Waals surface area (Å²) in [5.74, 6) is 2.61. The minimum absolute atomic E-state index is 0.0716. The number of morpholine rings is 1. The van der Waals surface area contributed by atoms with E-state index in [0.717, 1.165) is 110 Å². The van der Waals surface area contributed by atoms with Crippen LogP contribution in [0.1, 0.15) is 265 Å². The maximum absolute atomic E-state index is 12.1. The van der Waals surface area contributed by atoms with Crippen molar-refractivity contribution in [2.45, 2.75) is 288 Å². The smallest absolute Gasteiger partial charge is 0.494 e. The molecule has 14 rings (SSSR count). The van der Waals surface area contributed by atoms with E-state index in [1.165, 1.54) is 77.7 Å². The van der Waals surface area contributed by atoms with E-state index in [-0.39, 0.29) is 55.2 Å². The highest BCUT2D eigenvalue weighted by molar-refractivity contribution is 5.88. The van der Waals surface area contributed by atoms with E-state index >= 15 is 0 Å². The fraction of sp³-hybridized carbons (Fsp3) is 0.491. The number of nitrogens with one attached hydrogen (secondary N) is 3. The average Bonchev–Trinajstić information content (AvgIpc) is 1.65. The number of aromatic nitrogens is 8. The Morgan fingerprint density at radius 3 is 1.44 bits per heavy atom. The molecule has 724 valence electrons. The van der Waals surface area contributed by atoms with Gasteiger partial charge in [-0.2, -0.15) is 20.0 Å². The standard InChI is InChI=1S/C18H29NO3.C16H22N2O2.C16H22N2O.C14H21NO.C12H16N2.C12H17NO.C11H13F3O.C11H14N2/c1-17(2,3)14-8-10-15(11-9-14)21-13-7-12-19-16(20)22-18(4,5)6;1-15(2,3)12-7-8-13-11(9-12)10-17-18(13)14(19)20-16(4,5)6;1-16(2,3)14-6-4-7-15(12-14)19-11-5-9-18-10-8-17-13-18;1-14(2,3)12-4-6-13(7-5-12)15-8-10-16-11-9-15;1-12(2,3)10-5-6-11-9(7-10)8-13-14(11)4;1-12(2,3)9-4-5-11-10(8-9)13-6-7-14-11;1-10(2,3)8-5-4-6-9(7-8)15-11(12,13)14;1-11(2,3)9-4-5-10-8(6-9)7-12-13-10/h8-11H,7,12-13H2,1-6H3,(H,19,20);7-10H,1-6H3;4,6-8,10,12-13H,5,9,11H2,1-3H3;4-7H,8-11H2,1-3H3;5-8H,1-4H3;4-5,8,13H,6-7H2,1-3H3;4-7H,1-3H3;4-7H,1-3H3,(H,12,13). The Hall–Kier alpha value is -11.3. The topological polar surface area (TPSA) is 208 Å². The highest BCUT2D eigenvalue weighted by Gasteiger charge is 2.32. The molecule has 0 radical (unpaired) electrons. The number of aryl methyl sites for hydroxylation is 2. The zero-order valence-electron chi connectivity index (χ0n) is 85.5. The zero-order valence-corrected chi connectivity index (χ0v) is 85.5. The van der Waals surface area contributed by atoms with Gasteiger partial charge in [-0.15, -0.1) is 13.2 Å². The van der Waals surface area contributed by atoms with Crippen LogP contribution in [0.5, 0.6) is 23.0 Å². The second-order valence-electron chi connectivity index (χ2n) is 43.9. The van der Waals surface area contributed by atoms with Crippen molar-refractivity contribution < 1.29 is 55.9 Å². The van der Waals surface area contributed by atoms with E-state index in [1.807, 2.05) is 129 Å². The third-order valence-corrected chi connectivity index (χ3v) is 21.5. The molecular formula is C110H154F3N11O9. The third kappa shape index (κ3) is 37.6. The molecule has 1 amide bonds. The molecule has 0 unspecified atom stereocenters. The van der Waals surface area contributed by atoms with Gasteiger partial charge in [-0.25, -0.2) is 14.6 Å². The summed E-state index contributed by atoms with van der Waals surface area (Å²) in [6, 6.07) is 56.9. The van der Waals surface area contributed by atoms with E-state index in [0.29, 0.717) is 13.2 Å². The largest absolute Gasteiger partial charge is 0.573 e. The number of ether oxygens (including phenoxy) is 7. The number of carbonyl (C=O) groups excluding carboxylic acids is 2. The van der Waals surface area contributed by atoms with Crippen molar-refractivity contribution >= 4 is 56.3 Å². The molecule has 0 bridgehead atoms. The second-order valence-corrected chi connectivity index (χ2v) is 43.9. The molecule has 6 heterocycles. The molecule has 4 aromatic heterocycles. The van der Waals surface area contributed by atoms with Gasteiger partial charge in [0.15, 0.2) is 0 Å². The number of nitrogens with zero attached hydrogens (tertiary/aromatic N) is 8. The predicted molar refractivity (Wildman–Crippen MR) is 540 cm³/mol. The summed E-state index contributed by atoms with van der Waals surface area (Å²) in [5.41, 5.74) is 15.6. The van der Waals surface area contributed by atoms with Crippen LogP contribution in [0.2, 0.25) is 0 Å². The fourth-order valence-corrected chi connectivity index (χ4v) is 13.5. The molecule has 3 N–H and O–H groups in total. The Balaban J connectivity index is 0.000000209. The molecule has 2 aliphatic rings. The van der Waals surface area contributed by atoms with Crippen LogP contribution in [0.3, 0.4) is 0 Å². The van der Waals surface area contributed by atoms with Crippen LogP contribution in [0.15, 0.2) is 207 Å². The number of hydrogen-bond acceptors (Lipinski definition) is 15. The van der Waals surface area contributed by atoms with Crippen molar-refractivity contribution in [2.24, 2.45) is 7.05 Å². The maximum Gasteiger partial charge on any atom is 0.573 e. The number of alkyl carbamates (subject to hydrolysis) is 1. The van der Waals surface area contributed by atoms with Gasteiger partial charge < -0.3 is 53.3 Å². The van der Waals surface area contributed by atoms with Crippen molar-refractivity contribution in [2.75, 3.05) is 69.4 Å². The van der Waals surface area contributed by atoms with Crippen molar-refractivity contribution in [3.63, 3.8) is 0 Å². The Morgan fingerprint density at radius 2 is 0.917 bits per heavy atom. The lowest BCUT2D eigenvalue weighted by molar-refractivity contribution is -0.274. The molecule has 1 saturated heterocycles. The normalized spacial score (nSPS) is 13.2. The lowest BCUT2D eigenvalue weighted by atomic mass is 9.86. The maximum atomic E-state index is 12.1. The van der Waals surface area contributed by atoms with Crippen LogP contribution in [0, 0.1) is 0 Å². The van der Waals surface area contributed by atoms with Crippen molar-refractivity contribution in [3.8, 4) is 23.0 Å². The summed E-state index contributed by atoms with van der Waals surface area (Å²) in [6.45, 7) is 71.4. The van der Waals surface area contributed by atoms with Crippen molar-refractivity contribution in [3.05, 3.63) is 252 Å². The zero-order chi connectivity index (χ0) is 98.9. The number of hydrogen-bond donors (Lipinski definition) is 3. The van der Waals surface area contributed by atoms with Crippen LogP contribution in [-0.4, -0.2) is 128 Å². The molecule has 23 heteroatoms. The molecule has 0 spiro atoms. The summed E-state index contributed by atoms with van der Waals surface area (Å²) in [7, 11) is 1.97. The Kier molecular flexibility index (Phi) is 38.0. The molecule has 133 heavy (non-hydrogen) atoms. The molecule has 2 aliphatic heterocycles. The second kappa shape index (κ2) is 46.6. The van der Waals surface area contributed by atoms with Gasteiger partial charge in [0.1, 0.15) is 40.8 Å². The van der Waals surface area contributed by atoms with Gasteiger partial charge in [0.25, 0.3) is 0 Å². The monoisotopic (exact) mass is 1830 g/mol. The van der Waals surface area contributed by atoms with Crippen molar-refractivity contribution in [1.29, 1.82) is 0 Å². The van der Waals surface area contributed by atoms with Gasteiger partial charge in [0.2, 0.25) is 0 Å². The van der Waals surface area contributed by atoms with Crippen LogP contribution >= 0.6 is 0 Å². The molecule has 20 nitrogen and oxygen atoms in total. The summed E-state index contributed by atoms with van der Waals surface area (Å²) in [4.78, 5) is 29.9. The lowest BCUT2D eigenvalue weighted by Gasteiger charge is -2.29. The van der Waals surface area contributed by atoms with Crippen molar-refractivity contribution in [1.82, 2.24) is 44.6 Å². The Labute approximate surface area is 791 Å². The van der Waals surface area contributed by atoms with Crippen LogP contribution in [0.4, 0.5) is 34.1 Å². The number of halogens is 3. The number of alkyl halides is 3. The van der Waals surface area contributed by atoms with E-state index in [9.17, 15) is 22.8 Å². The number of fused-ring (bicyclic) bond motifs is 4. The molecular weight excluding hydrogens is 1680 g/mol. The van der Waals surface area contributed by atoms with E-state index in [1.54, 1.807) is 24.5 Å². The number of anilines is 2. The van der Waals surface area contributed by atoms with Crippen LogP contribution < -0.4 is 34.5 Å². The first-order valence-corrected chi connectivity index (χ1v) is 46.4. The van der Waals surface area contributed by atoms with Crippen LogP contribution in [0.25, 0.3) is 32.7 Å². The first-order chi connectivity index (χ1) is 61.6. The number of H-pyrrole nitrogens is 1. The molecule has 8 aromatic carbocycles. The number of carbonyl (C=O) groups is 2. The number of rotatable bonds is 12. The summed E-state index contributed by atoms with van der Waals surface area (Å²) >= 11 is 0. The summed E-state index contributed by atoms with van der Waals surface area (Å²) < 4.78 is 77.8. The summed E-state index contributed by atoms with van der Waals surface area (Å²) in [6.07, 6.45) is 7.35. The Bertz CT molecular complexity index is 5560. The minimum Gasteiger partial charge on any atom is -0.494 e. The third-order valence-electron chi connectivity index (χ3n) is 21.5. The molecule has 1 fully saturated rings. The molecule has 12 aromatic rings. The minimum atomic E-state index is -4.63. The molecule has 0 atom stereocenters.